The van der Waals surface area contributed by atoms with Crippen molar-refractivity contribution in [2.45, 2.75) is 31.7 Å². The van der Waals surface area contributed by atoms with Crippen molar-refractivity contribution in [3.63, 3.8) is 0 Å². The number of likely N-dealkylation sites (N-methyl/N-ethyl adjacent to an activating group) is 1. The molecule has 0 radical (unpaired) electrons. The molecule has 1 saturated carbocycles. The van der Waals surface area contributed by atoms with Crippen LogP contribution in [0.4, 0.5) is 0 Å². The van der Waals surface area contributed by atoms with E-state index in [2.05, 4.69) is 10.6 Å². The maximum absolute atomic E-state index is 11.3. The van der Waals surface area contributed by atoms with Gasteiger partial charge in [0.2, 0.25) is 5.91 Å². The second kappa shape index (κ2) is 4.58. The number of hydrogen-bond donors (Lipinski definition) is 3. The van der Waals surface area contributed by atoms with Gasteiger partial charge in [0.25, 0.3) is 0 Å². The van der Waals surface area contributed by atoms with E-state index in [9.17, 15) is 4.79 Å². The van der Waals surface area contributed by atoms with Crippen LogP contribution >= 0.6 is 0 Å². The van der Waals surface area contributed by atoms with Gasteiger partial charge in [-0.1, -0.05) is 6.92 Å². The minimum Gasteiger partial charge on any atom is -0.394 e. The van der Waals surface area contributed by atoms with Crippen LogP contribution in [0.15, 0.2) is 0 Å². The molecule has 0 unspecified atom stereocenters. The molecule has 1 rings (SSSR count). The number of aliphatic hydroxyl groups excluding tert-OH is 1. The summed E-state index contributed by atoms with van der Waals surface area (Å²) in [4.78, 5) is 11.3. The van der Waals surface area contributed by atoms with Gasteiger partial charge in [0.05, 0.1) is 18.7 Å². The Morgan fingerprint density at radius 3 is 2.62 bits per heavy atom. The first-order valence-corrected chi connectivity index (χ1v) is 4.85. The Morgan fingerprint density at radius 1 is 1.54 bits per heavy atom. The summed E-state index contributed by atoms with van der Waals surface area (Å²) >= 11 is 0. The molecule has 0 aromatic heterocycles. The second-order valence-electron chi connectivity index (χ2n) is 3.62. The highest BCUT2D eigenvalue weighted by molar-refractivity contribution is 5.79. The molecule has 4 heteroatoms. The van der Waals surface area contributed by atoms with E-state index in [1.54, 1.807) is 0 Å². The first kappa shape index (κ1) is 10.5. The van der Waals surface area contributed by atoms with E-state index >= 15 is 0 Å². The number of amides is 1. The van der Waals surface area contributed by atoms with E-state index in [0.29, 0.717) is 6.54 Å². The Hall–Kier alpha value is -0.610. The quantitative estimate of drug-likeness (QED) is 0.549. The zero-order chi connectivity index (χ0) is 9.73. The Morgan fingerprint density at radius 2 is 2.23 bits per heavy atom. The van der Waals surface area contributed by atoms with E-state index < -0.39 is 0 Å². The molecule has 1 aliphatic carbocycles. The molecule has 13 heavy (non-hydrogen) atoms. The van der Waals surface area contributed by atoms with Gasteiger partial charge in [0.15, 0.2) is 0 Å². The number of rotatable bonds is 5. The van der Waals surface area contributed by atoms with E-state index in [1.807, 2.05) is 6.92 Å². The van der Waals surface area contributed by atoms with Gasteiger partial charge in [-0.3, -0.25) is 4.79 Å². The lowest BCUT2D eigenvalue weighted by Crippen LogP contribution is -2.57. The molecule has 0 bridgehead atoms. The fourth-order valence-electron chi connectivity index (χ4n) is 1.50. The molecule has 1 aliphatic rings. The van der Waals surface area contributed by atoms with Crippen LogP contribution in [0.3, 0.4) is 0 Å². The Labute approximate surface area is 78.7 Å². The third-order valence-electron chi connectivity index (χ3n) is 2.55. The molecular weight excluding hydrogens is 168 g/mol. The van der Waals surface area contributed by atoms with Crippen molar-refractivity contribution in [3.05, 3.63) is 0 Å². The molecule has 3 N–H and O–H groups in total. The third-order valence-corrected chi connectivity index (χ3v) is 2.55. The van der Waals surface area contributed by atoms with Crippen LogP contribution in [0.2, 0.25) is 0 Å². The Kier molecular flexibility index (Phi) is 3.69. The molecule has 76 valence electrons. The third kappa shape index (κ3) is 2.67. The Bertz CT molecular complexity index is 173. The summed E-state index contributed by atoms with van der Waals surface area (Å²) in [7, 11) is 0. The second-order valence-corrected chi connectivity index (χ2v) is 3.62. The molecule has 0 aromatic carbocycles. The number of nitrogens with one attached hydrogen (secondary N) is 2. The first-order valence-electron chi connectivity index (χ1n) is 4.85. The number of hydrogen-bond acceptors (Lipinski definition) is 3. The van der Waals surface area contributed by atoms with Gasteiger partial charge in [-0.15, -0.1) is 0 Å². The minimum atomic E-state index is -0.299. The van der Waals surface area contributed by atoms with Crippen LogP contribution in [0.5, 0.6) is 0 Å². The molecule has 0 atom stereocenters. The maximum Gasteiger partial charge on any atom is 0.234 e. The molecule has 0 aromatic rings. The van der Waals surface area contributed by atoms with Crippen molar-refractivity contribution in [2.24, 2.45) is 0 Å². The Balaban J connectivity index is 2.25. The lowest BCUT2D eigenvalue weighted by atomic mass is 9.77. The predicted octanol–water partition coefficient (Wildman–Crippen LogP) is -0.373. The summed E-state index contributed by atoms with van der Waals surface area (Å²) in [5.74, 6) is -0.0180. The van der Waals surface area contributed by atoms with Crippen molar-refractivity contribution >= 4 is 5.91 Å². The standard InChI is InChI=1S/C9H18N2O2/c1-2-10-6-8(13)11-9(7-12)4-3-5-9/h10,12H,2-7H2,1H3,(H,11,13). The smallest absolute Gasteiger partial charge is 0.234 e. The predicted molar refractivity (Wildman–Crippen MR) is 50.4 cm³/mol. The summed E-state index contributed by atoms with van der Waals surface area (Å²) in [6.45, 7) is 3.15. The van der Waals surface area contributed by atoms with Gasteiger partial charge in [0, 0.05) is 0 Å². The minimum absolute atomic E-state index is 0.0180. The topological polar surface area (TPSA) is 61.4 Å². The van der Waals surface area contributed by atoms with Gasteiger partial charge in [-0.05, 0) is 25.8 Å². The number of carbonyl (C=O) groups excluding carboxylic acids is 1. The van der Waals surface area contributed by atoms with E-state index in [1.165, 1.54) is 0 Å². The molecule has 1 amide bonds. The summed E-state index contributed by atoms with van der Waals surface area (Å²) in [5.41, 5.74) is -0.299. The van der Waals surface area contributed by atoms with Crippen molar-refractivity contribution in [1.82, 2.24) is 10.6 Å². The zero-order valence-corrected chi connectivity index (χ0v) is 8.10. The van der Waals surface area contributed by atoms with Crippen LogP contribution in [0, 0.1) is 0 Å². The monoisotopic (exact) mass is 186 g/mol. The van der Waals surface area contributed by atoms with Crippen LogP contribution in [-0.4, -0.2) is 36.2 Å². The van der Waals surface area contributed by atoms with Gasteiger partial charge in [-0.2, -0.15) is 0 Å². The maximum atomic E-state index is 11.3. The van der Waals surface area contributed by atoms with Crippen molar-refractivity contribution < 1.29 is 9.90 Å². The fourth-order valence-corrected chi connectivity index (χ4v) is 1.50. The lowest BCUT2D eigenvalue weighted by molar-refractivity contribution is -0.124. The molecule has 1 fully saturated rings. The molecule has 0 spiro atoms. The van der Waals surface area contributed by atoms with Crippen LogP contribution in [0.25, 0.3) is 0 Å². The van der Waals surface area contributed by atoms with Crippen molar-refractivity contribution in [2.75, 3.05) is 19.7 Å². The largest absolute Gasteiger partial charge is 0.394 e. The molecule has 0 heterocycles. The highest BCUT2D eigenvalue weighted by Crippen LogP contribution is 2.30. The lowest BCUT2D eigenvalue weighted by Gasteiger charge is -2.40. The van der Waals surface area contributed by atoms with Gasteiger partial charge in [-0.25, -0.2) is 0 Å². The van der Waals surface area contributed by atoms with Gasteiger partial charge >= 0.3 is 0 Å². The summed E-state index contributed by atoms with van der Waals surface area (Å²) in [6, 6.07) is 0. The summed E-state index contributed by atoms with van der Waals surface area (Å²) < 4.78 is 0. The SMILES string of the molecule is CCNCC(=O)NC1(CO)CCC1. The van der Waals surface area contributed by atoms with Gasteiger partial charge in [0.1, 0.15) is 0 Å². The zero-order valence-electron chi connectivity index (χ0n) is 8.10. The van der Waals surface area contributed by atoms with Crippen molar-refractivity contribution in [1.29, 1.82) is 0 Å². The summed E-state index contributed by atoms with van der Waals surface area (Å²) in [5, 5.41) is 14.9. The van der Waals surface area contributed by atoms with E-state index in [4.69, 9.17) is 5.11 Å². The normalized spacial score (nSPS) is 19.2. The average Bonchev–Trinajstić information content (AvgIpc) is 2.08. The van der Waals surface area contributed by atoms with Gasteiger partial charge < -0.3 is 15.7 Å². The fraction of sp³-hybridized carbons (Fsp3) is 0.889. The summed E-state index contributed by atoms with van der Waals surface area (Å²) in [6.07, 6.45) is 2.91. The van der Waals surface area contributed by atoms with Crippen LogP contribution < -0.4 is 10.6 Å². The van der Waals surface area contributed by atoms with Crippen LogP contribution in [0.1, 0.15) is 26.2 Å². The van der Waals surface area contributed by atoms with Crippen LogP contribution in [-0.2, 0) is 4.79 Å². The van der Waals surface area contributed by atoms with E-state index in [-0.39, 0.29) is 18.1 Å². The highest BCUT2D eigenvalue weighted by atomic mass is 16.3. The number of aliphatic hydroxyl groups is 1. The molecule has 0 saturated heterocycles. The highest BCUT2D eigenvalue weighted by Gasteiger charge is 2.37. The first-order chi connectivity index (χ1) is 6.22. The van der Waals surface area contributed by atoms with Crippen molar-refractivity contribution in [3.8, 4) is 0 Å². The molecular formula is C9H18N2O2. The van der Waals surface area contributed by atoms with E-state index in [0.717, 1.165) is 25.8 Å². The molecule has 4 nitrogen and oxygen atoms in total. The molecule has 0 aliphatic heterocycles. The average molecular weight is 186 g/mol. The number of carbonyl (C=O) groups is 1.